The van der Waals surface area contributed by atoms with E-state index in [1.54, 1.807) is 12.1 Å². The third-order valence-corrected chi connectivity index (χ3v) is 3.12. The van der Waals surface area contributed by atoms with E-state index in [4.69, 9.17) is 0 Å². The van der Waals surface area contributed by atoms with E-state index >= 15 is 0 Å². The van der Waals surface area contributed by atoms with E-state index in [-0.39, 0.29) is 11.3 Å². The van der Waals surface area contributed by atoms with Crippen LogP contribution in [0.15, 0.2) is 54.6 Å². The number of benzene rings is 2. The lowest BCUT2D eigenvalue weighted by Crippen LogP contribution is -2.25. The van der Waals surface area contributed by atoms with Crippen molar-refractivity contribution in [2.45, 2.75) is 19.5 Å². The largest absolute Gasteiger partial charge is 0.434 e. The van der Waals surface area contributed by atoms with Gasteiger partial charge in [-0.2, -0.15) is 8.78 Å². The van der Waals surface area contributed by atoms with Crippen molar-refractivity contribution >= 4 is 5.91 Å². The molecule has 2 rings (SSSR count). The third-order valence-electron chi connectivity index (χ3n) is 3.12. The Morgan fingerprint density at radius 1 is 1.05 bits per heavy atom. The van der Waals surface area contributed by atoms with Gasteiger partial charge in [0.1, 0.15) is 5.75 Å². The second kappa shape index (κ2) is 8.12. The molecule has 116 valence electrons. The summed E-state index contributed by atoms with van der Waals surface area (Å²) in [7, 11) is 0. The van der Waals surface area contributed by atoms with E-state index in [1.165, 1.54) is 17.7 Å². The Morgan fingerprint density at radius 2 is 1.73 bits per heavy atom. The van der Waals surface area contributed by atoms with Crippen LogP contribution in [0, 0.1) is 0 Å². The highest BCUT2D eigenvalue weighted by Gasteiger charge is 2.14. The van der Waals surface area contributed by atoms with Gasteiger partial charge in [-0.15, -0.1) is 0 Å². The number of para-hydroxylation sites is 1. The van der Waals surface area contributed by atoms with Crippen LogP contribution in [-0.4, -0.2) is 19.1 Å². The molecule has 0 unspecified atom stereocenters. The smallest absolute Gasteiger partial charge is 0.387 e. The molecule has 0 aliphatic rings. The van der Waals surface area contributed by atoms with Gasteiger partial charge in [0, 0.05) is 6.54 Å². The predicted molar refractivity (Wildman–Crippen MR) is 80.2 cm³/mol. The van der Waals surface area contributed by atoms with Crippen molar-refractivity contribution in [1.29, 1.82) is 0 Å². The van der Waals surface area contributed by atoms with Gasteiger partial charge < -0.3 is 10.1 Å². The van der Waals surface area contributed by atoms with Crippen molar-refractivity contribution in [2.24, 2.45) is 0 Å². The molecule has 1 N–H and O–H groups in total. The van der Waals surface area contributed by atoms with Crippen molar-refractivity contribution in [3.8, 4) is 5.75 Å². The quantitative estimate of drug-likeness (QED) is 0.793. The Labute approximate surface area is 127 Å². The van der Waals surface area contributed by atoms with Gasteiger partial charge in [-0.3, -0.25) is 4.79 Å². The fourth-order valence-electron chi connectivity index (χ4n) is 2.09. The minimum absolute atomic E-state index is 0.113. The van der Waals surface area contributed by atoms with Gasteiger partial charge in [0.25, 0.3) is 5.91 Å². The summed E-state index contributed by atoms with van der Waals surface area (Å²) in [6.07, 6.45) is 1.62. The number of ether oxygens (including phenoxy) is 1. The normalized spacial score (nSPS) is 10.5. The minimum Gasteiger partial charge on any atom is -0.434 e. The average Bonchev–Trinajstić information content (AvgIpc) is 2.52. The highest BCUT2D eigenvalue weighted by atomic mass is 19.3. The van der Waals surface area contributed by atoms with Crippen LogP contribution >= 0.6 is 0 Å². The maximum atomic E-state index is 12.3. The van der Waals surface area contributed by atoms with Gasteiger partial charge in [-0.1, -0.05) is 42.5 Å². The number of alkyl halides is 2. The number of aryl methyl sites for hydroxylation is 1. The number of hydrogen-bond acceptors (Lipinski definition) is 2. The van der Waals surface area contributed by atoms with Gasteiger partial charge >= 0.3 is 6.61 Å². The number of halogens is 2. The molecule has 2 aromatic rings. The first kappa shape index (κ1) is 15.9. The molecule has 0 bridgehead atoms. The minimum atomic E-state index is -2.95. The number of rotatable bonds is 7. The number of carbonyl (C=O) groups is 1. The van der Waals surface area contributed by atoms with Crippen molar-refractivity contribution in [3.63, 3.8) is 0 Å². The summed E-state index contributed by atoms with van der Waals surface area (Å²) in [5, 5.41) is 2.72. The van der Waals surface area contributed by atoms with Crippen molar-refractivity contribution in [3.05, 3.63) is 65.7 Å². The van der Waals surface area contributed by atoms with Crippen LogP contribution in [0.4, 0.5) is 8.78 Å². The Morgan fingerprint density at radius 3 is 2.45 bits per heavy atom. The molecular formula is C17H17F2NO2. The van der Waals surface area contributed by atoms with Gasteiger partial charge in [0.05, 0.1) is 5.56 Å². The second-order valence-corrected chi connectivity index (χ2v) is 4.72. The summed E-state index contributed by atoms with van der Waals surface area (Å²) in [6, 6.07) is 15.9. The zero-order chi connectivity index (χ0) is 15.8. The SMILES string of the molecule is O=C(NCCCc1ccccc1)c1ccccc1OC(F)F. The third kappa shape index (κ3) is 4.84. The molecule has 0 saturated heterocycles. The molecular weight excluding hydrogens is 288 g/mol. The second-order valence-electron chi connectivity index (χ2n) is 4.72. The van der Waals surface area contributed by atoms with Gasteiger partial charge in [0.15, 0.2) is 0 Å². The van der Waals surface area contributed by atoms with E-state index in [2.05, 4.69) is 10.1 Å². The van der Waals surface area contributed by atoms with Gasteiger partial charge in [-0.05, 0) is 30.5 Å². The molecule has 0 fully saturated rings. The topological polar surface area (TPSA) is 38.3 Å². The highest BCUT2D eigenvalue weighted by Crippen LogP contribution is 2.20. The zero-order valence-electron chi connectivity index (χ0n) is 12.0. The summed E-state index contributed by atoms with van der Waals surface area (Å²) >= 11 is 0. The van der Waals surface area contributed by atoms with Crippen LogP contribution < -0.4 is 10.1 Å². The molecule has 0 radical (unpaired) electrons. The van der Waals surface area contributed by atoms with Crippen molar-refractivity contribution in [2.75, 3.05) is 6.54 Å². The van der Waals surface area contributed by atoms with Crippen LogP contribution in [0.5, 0.6) is 5.75 Å². The van der Waals surface area contributed by atoms with E-state index in [1.807, 2.05) is 30.3 Å². The van der Waals surface area contributed by atoms with Crippen molar-refractivity contribution in [1.82, 2.24) is 5.32 Å². The highest BCUT2D eigenvalue weighted by molar-refractivity contribution is 5.96. The Balaban J connectivity index is 1.85. The fraction of sp³-hybridized carbons (Fsp3) is 0.235. The lowest BCUT2D eigenvalue weighted by atomic mass is 10.1. The number of nitrogens with one attached hydrogen (secondary N) is 1. The molecule has 2 aromatic carbocycles. The molecule has 0 heterocycles. The summed E-state index contributed by atoms with van der Waals surface area (Å²) in [6.45, 7) is -2.48. The Hall–Kier alpha value is -2.43. The summed E-state index contributed by atoms with van der Waals surface area (Å²) in [5.74, 6) is -0.526. The number of hydrogen-bond donors (Lipinski definition) is 1. The average molecular weight is 305 g/mol. The van der Waals surface area contributed by atoms with E-state index < -0.39 is 12.5 Å². The Bertz CT molecular complexity index is 603. The zero-order valence-corrected chi connectivity index (χ0v) is 12.0. The van der Waals surface area contributed by atoms with E-state index in [9.17, 15) is 13.6 Å². The molecule has 0 aromatic heterocycles. The number of amides is 1. The van der Waals surface area contributed by atoms with Crippen LogP contribution in [0.1, 0.15) is 22.3 Å². The summed E-state index contributed by atoms with van der Waals surface area (Å²) < 4.78 is 29.0. The first-order valence-electron chi connectivity index (χ1n) is 7.03. The first-order valence-corrected chi connectivity index (χ1v) is 7.03. The van der Waals surface area contributed by atoms with Gasteiger partial charge in [-0.25, -0.2) is 0 Å². The molecule has 5 heteroatoms. The van der Waals surface area contributed by atoms with Crippen LogP contribution in [-0.2, 0) is 6.42 Å². The lowest BCUT2D eigenvalue weighted by molar-refractivity contribution is -0.0501. The number of carbonyl (C=O) groups excluding carboxylic acids is 1. The fourth-order valence-corrected chi connectivity index (χ4v) is 2.09. The maximum absolute atomic E-state index is 12.3. The summed E-state index contributed by atoms with van der Waals surface area (Å²) in [5.41, 5.74) is 1.31. The van der Waals surface area contributed by atoms with Crippen molar-refractivity contribution < 1.29 is 18.3 Å². The van der Waals surface area contributed by atoms with Crippen LogP contribution in [0.2, 0.25) is 0 Å². The maximum Gasteiger partial charge on any atom is 0.387 e. The summed E-state index contributed by atoms with van der Waals surface area (Å²) in [4.78, 5) is 12.0. The molecule has 0 aliphatic carbocycles. The van der Waals surface area contributed by atoms with E-state index in [0.29, 0.717) is 6.54 Å². The van der Waals surface area contributed by atoms with Gasteiger partial charge in [0.2, 0.25) is 0 Å². The molecule has 1 amide bonds. The Kier molecular flexibility index (Phi) is 5.89. The predicted octanol–water partition coefficient (Wildman–Crippen LogP) is 3.65. The molecule has 0 aliphatic heterocycles. The first-order chi connectivity index (χ1) is 10.7. The molecule has 3 nitrogen and oxygen atoms in total. The monoisotopic (exact) mass is 305 g/mol. The van der Waals surface area contributed by atoms with E-state index in [0.717, 1.165) is 12.8 Å². The molecule has 0 atom stereocenters. The standard InChI is InChI=1S/C17H17F2NO2/c18-17(19)22-15-11-5-4-10-14(15)16(21)20-12-6-9-13-7-2-1-3-8-13/h1-5,7-8,10-11,17H,6,9,12H2,(H,20,21). The molecule has 22 heavy (non-hydrogen) atoms. The van der Waals surface area contributed by atoms with Crippen LogP contribution in [0.3, 0.4) is 0 Å². The van der Waals surface area contributed by atoms with Crippen LogP contribution in [0.25, 0.3) is 0 Å². The molecule has 0 saturated carbocycles. The molecule has 0 spiro atoms. The lowest BCUT2D eigenvalue weighted by Gasteiger charge is -2.10.